The van der Waals surface area contributed by atoms with Crippen LogP contribution < -0.4 is 15.4 Å². The molecule has 1 aromatic carbocycles. The third kappa shape index (κ3) is 2.77. The molecule has 0 fully saturated rings. The van der Waals surface area contributed by atoms with E-state index >= 15 is 0 Å². The molecule has 24 heavy (non-hydrogen) atoms. The van der Waals surface area contributed by atoms with E-state index in [1.165, 1.54) is 0 Å². The summed E-state index contributed by atoms with van der Waals surface area (Å²) in [5.41, 5.74) is 6.09. The minimum absolute atomic E-state index is 0.00427. The summed E-state index contributed by atoms with van der Waals surface area (Å²) in [6, 6.07) is 5.37. The fourth-order valence-electron chi connectivity index (χ4n) is 2.67. The summed E-state index contributed by atoms with van der Waals surface area (Å²) in [6.45, 7) is 5.35. The quantitative estimate of drug-likeness (QED) is 0.669. The number of nitrogens with two attached hydrogens (primary N) is 1. The maximum atomic E-state index is 13.5. The second-order valence-electron chi connectivity index (χ2n) is 5.88. The molecule has 0 bridgehead atoms. The van der Waals surface area contributed by atoms with Gasteiger partial charge in [-0.25, -0.2) is 13.8 Å². The van der Waals surface area contributed by atoms with E-state index in [4.69, 9.17) is 15.9 Å². The van der Waals surface area contributed by atoms with E-state index in [1.54, 1.807) is 12.1 Å². The second-order valence-corrected chi connectivity index (χ2v) is 5.88. The van der Waals surface area contributed by atoms with Crippen molar-refractivity contribution in [3.8, 4) is 5.75 Å². The summed E-state index contributed by atoms with van der Waals surface area (Å²) >= 11 is 0. The monoisotopic (exact) mass is 332 g/mol. The zero-order chi connectivity index (χ0) is 17.4. The van der Waals surface area contributed by atoms with E-state index in [9.17, 15) is 8.78 Å². The number of fused-ring (bicyclic) bond motifs is 1. The zero-order valence-corrected chi connectivity index (χ0v) is 13.4. The SMILES string of the molecule is CC(C)N1CCOc2ccc(C(=N)c3cc(F)c(F)cc3N)nc21. The highest BCUT2D eigenvalue weighted by molar-refractivity contribution is 6.12. The molecule has 1 aromatic heterocycles. The second kappa shape index (κ2) is 6.07. The summed E-state index contributed by atoms with van der Waals surface area (Å²) in [6.07, 6.45) is 0. The van der Waals surface area contributed by atoms with E-state index in [1.807, 2.05) is 13.8 Å². The molecule has 0 saturated heterocycles. The lowest BCUT2D eigenvalue weighted by Crippen LogP contribution is -2.38. The Hall–Kier alpha value is -2.70. The van der Waals surface area contributed by atoms with Crippen molar-refractivity contribution in [1.29, 1.82) is 5.41 Å². The number of benzene rings is 1. The van der Waals surface area contributed by atoms with E-state index in [0.29, 0.717) is 30.4 Å². The van der Waals surface area contributed by atoms with Crippen LogP contribution in [0, 0.1) is 17.0 Å². The Morgan fingerprint density at radius 1 is 1.29 bits per heavy atom. The van der Waals surface area contributed by atoms with Crippen LogP contribution in [0.4, 0.5) is 20.3 Å². The van der Waals surface area contributed by atoms with E-state index < -0.39 is 11.6 Å². The zero-order valence-electron chi connectivity index (χ0n) is 13.4. The van der Waals surface area contributed by atoms with Crippen LogP contribution in [0.5, 0.6) is 5.75 Å². The first kappa shape index (κ1) is 16.2. The van der Waals surface area contributed by atoms with E-state index in [2.05, 4.69) is 9.88 Å². The van der Waals surface area contributed by atoms with Gasteiger partial charge in [0.25, 0.3) is 0 Å². The van der Waals surface area contributed by atoms with Crippen LogP contribution in [-0.4, -0.2) is 29.9 Å². The van der Waals surface area contributed by atoms with Crippen LogP contribution in [0.1, 0.15) is 25.1 Å². The minimum Gasteiger partial charge on any atom is -0.488 e. The number of hydrogen-bond acceptors (Lipinski definition) is 5. The minimum atomic E-state index is -1.05. The van der Waals surface area contributed by atoms with Gasteiger partial charge in [0.2, 0.25) is 0 Å². The van der Waals surface area contributed by atoms with Crippen LogP contribution in [0.2, 0.25) is 0 Å². The molecular formula is C17H18F2N4O. The number of ether oxygens (including phenoxy) is 1. The van der Waals surface area contributed by atoms with Crippen molar-refractivity contribution >= 4 is 17.2 Å². The highest BCUT2D eigenvalue weighted by Gasteiger charge is 2.23. The highest BCUT2D eigenvalue weighted by Crippen LogP contribution is 2.31. The molecule has 0 atom stereocenters. The van der Waals surface area contributed by atoms with E-state index in [-0.39, 0.29) is 23.0 Å². The number of anilines is 2. The normalized spacial score (nSPS) is 13.6. The van der Waals surface area contributed by atoms with Crippen molar-refractivity contribution in [3.63, 3.8) is 0 Å². The van der Waals surface area contributed by atoms with Crippen LogP contribution in [0.15, 0.2) is 24.3 Å². The van der Waals surface area contributed by atoms with Gasteiger partial charge >= 0.3 is 0 Å². The molecule has 0 amide bonds. The lowest BCUT2D eigenvalue weighted by Gasteiger charge is -2.33. The smallest absolute Gasteiger partial charge is 0.172 e. The maximum absolute atomic E-state index is 13.5. The van der Waals surface area contributed by atoms with Crippen molar-refractivity contribution < 1.29 is 13.5 Å². The van der Waals surface area contributed by atoms with Crippen LogP contribution in [0.3, 0.4) is 0 Å². The molecule has 1 aliphatic rings. The van der Waals surface area contributed by atoms with Gasteiger partial charge in [0.1, 0.15) is 6.61 Å². The van der Waals surface area contributed by atoms with Gasteiger partial charge in [-0.3, -0.25) is 5.41 Å². The van der Waals surface area contributed by atoms with Crippen molar-refractivity contribution in [1.82, 2.24) is 4.98 Å². The largest absolute Gasteiger partial charge is 0.488 e. The van der Waals surface area contributed by atoms with Gasteiger partial charge in [-0.15, -0.1) is 0 Å². The number of aromatic nitrogens is 1. The summed E-state index contributed by atoms with van der Waals surface area (Å²) < 4.78 is 32.3. The molecule has 3 N–H and O–H groups in total. The molecule has 7 heteroatoms. The molecule has 0 spiro atoms. The molecule has 3 rings (SSSR count). The number of halogens is 2. The van der Waals surface area contributed by atoms with Crippen LogP contribution in [0.25, 0.3) is 0 Å². The molecule has 126 valence electrons. The number of nitrogens with one attached hydrogen (secondary N) is 1. The Kier molecular flexibility index (Phi) is 4.09. The molecule has 5 nitrogen and oxygen atoms in total. The van der Waals surface area contributed by atoms with Gasteiger partial charge in [0.15, 0.2) is 23.2 Å². The molecule has 1 aliphatic heterocycles. The Morgan fingerprint density at radius 2 is 2.00 bits per heavy atom. The van der Waals surface area contributed by atoms with Gasteiger partial charge in [-0.1, -0.05) is 0 Å². The average Bonchev–Trinajstić information content (AvgIpc) is 2.56. The van der Waals surface area contributed by atoms with Gasteiger partial charge in [0.05, 0.1) is 18.0 Å². The number of nitrogen functional groups attached to an aromatic ring is 1. The summed E-state index contributed by atoms with van der Waals surface area (Å²) in [5, 5.41) is 8.28. The first-order valence-corrected chi connectivity index (χ1v) is 7.62. The van der Waals surface area contributed by atoms with Crippen LogP contribution in [-0.2, 0) is 0 Å². The Bertz CT molecular complexity index is 807. The highest BCUT2D eigenvalue weighted by atomic mass is 19.2. The first-order chi connectivity index (χ1) is 11.4. The molecule has 2 heterocycles. The summed E-state index contributed by atoms with van der Waals surface area (Å²) in [5.74, 6) is -0.805. The number of rotatable bonds is 3. The Balaban J connectivity index is 2.03. The molecule has 2 aromatic rings. The predicted molar refractivity (Wildman–Crippen MR) is 88.9 cm³/mol. The van der Waals surface area contributed by atoms with Crippen molar-refractivity contribution in [2.45, 2.75) is 19.9 Å². The van der Waals surface area contributed by atoms with Gasteiger partial charge in [-0.2, -0.15) is 0 Å². The Morgan fingerprint density at radius 3 is 2.71 bits per heavy atom. The van der Waals surface area contributed by atoms with Gasteiger partial charge in [0, 0.05) is 23.4 Å². The first-order valence-electron chi connectivity index (χ1n) is 7.62. The molecule has 0 saturated carbocycles. The molecule has 0 aliphatic carbocycles. The van der Waals surface area contributed by atoms with Crippen molar-refractivity contribution in [2.24, 2.45) is 0 Å². The topological polar surface area (TPSA) is 75.2 Å². The summed E-state index contributed by atoms with van der Waals surface area (Å²) in [4.78, 5) is 6.56. The number of hydrogen-bond donors (Lipinski definition) is 2. The Labute approximate surface area is 138 Å². The third-order valence-electron chi connectivity index (χ3n) is 3.94. The standard InChI is InChI=1S/C17H18F2N4O/c1-9(2)23-5-6-24-15-4-3-14(22-17(15)23)16(21)10-7-11(18)12(19)8-13(10)20/h3-4,7-9,21H,5-6,20H2,1-2H3. The number of nitrogens with zero attached hydrogens (tertiary/aromatic N) is 2. The average molecular weight is 332 g/mol. The molecular weight excluding hydrogens is 314 g/mol. The third-order valence-corrected chi connectivity index (χ3v) is 3.94. The molecule has 0 unspecified atom stereocenters. The fraction of sp³-hybridized carbons (Fsp3) is 0.294. The predicted octanol–water partition coefficient (Wildman–Crippen LogP) is 2.97. The number of pyridine rings is 1. The van der Waals surface area contributed by atoms with E-state index in [0.717, 1.165) is 12.1 Å². The lowest BCUT2D eigenvalue weighted by molar-refractivity contribution is 0.300. The summed E-state index contributed by atoms with van der Waals surface area (Å²) in [7, 11) is 0. The van der Waals surface area contributed by atoms with Gasteiger partial charge in [-0.05, 0) is 32.0 Å². The van der Waals surface area contributed by atoms with Crippen molar-refractivity contribution in [3.05, 3.63) is 47.2 Å². The fourth-order valence-corrected chi connectivity index (χ4v) is 2.67. The molecule has 0 radical (unpaired) electrons. The van der Waals surface area contributed by atoms with Crippen molar-refractivity contribution in [2.75, 3.05) is 23.8 Å². The van der Waals surface area contributed by atoms with Gasteiger partial charge < -0.3 is 15.4 Å². The van der Waals surface area contributed by atoms with Crippen LogP contribution >= 0.6 is 0 Å². The lowest BCUT2D eigenvalue weighted by atomic mass is 10.0. The maximum Gasteiger partial charge on any atom is 0.172 e.